The third kappa shape index (κ3) is 2.80. The van der Waals surface area contributed by atoms with Crippen molar-refractivity contribution >= 4 is 21.6 Å². The normalized spacial score (nSPS) is 24.5. The van der Waals surface area contributed by atoms with Crippen molar-refractivity contribution in [1.29, 1.82) is 0 Å². The van der Waals surface area contributed by atoms with Crippen LogP contribution in [0.15, 0.2) is 0 Å². The number of hydrogen-bond donors (Lipinski definition) is 1. The molecule has 0 aliphatic carbocycles. The second kappa shape index (κ2) is 3.73. The Morgan fingerprint density at radius 2 is 1.92 bits per heavy atom. The van der Waals surface area contributed by atoms with Gasteiger partial charge in [0.1, 0.15) is 5.21 Å². The maximum Gasteiger partial charge on any atom is 0.228 e. The Labute approximate surface area is 83.5 Å². The summed E-state index contributed by atoms with van der Waals surface area (Å²) in [6, 6.07) is 0. The summed E-state index contributed by atoms with van der Waals surface area (Å²) in [5.74, 6) is 0. The zero-order valence-electron chi connectivity index (χ0n) is 7.53. The third-order valence-corrected chi connectivity index (χ3v) is 4.59. The minimum Gasteiger partial charge on any atom is -0.390 e. The molecule has 1 heterocycles. The average Bonchev–Trinajstić information content (AvgIpc) is 2.04. The largest absolute Gasteiger partial charge is 0.390 e. The number of hydrogen-bond acceptors (Lipinski definition) is 3. The van der Waals surface area contributed by atoms with Crippen molar-refractivity contribution in [2.24, 2.45) is 0 Å². The molecule has 0 spiro atoms. The Bertz CT molecular complexity index is 265. The van der Waals surface area contributed by atoms with Crippen molar-refractivity contribution in [3.63, 3.8) is 0 Å². The zero-order valence-corrected chi connectivity index (χ0v) is 9.11. The summed E-state index contributed by atoms with van der Waals surface area (Å²) < 4.78 is 23.9. The van der Waals surface area contributed by atoms with Gasteiger partial charge in [-0.05, 0) is 19.8 Å². The molecule has 0 atom stereocenters. The Hall–Kier alpha value is 0.160. The van der Waals surface area contributed by atoms with Crippen LogP contribution in [0.1, 0.15) is 19.8 Å². The van der Waals surface area contributed by atoms with E-state index in [9.17, 15) is 13.5 Å². The fourth-order valence-corrected chi connectivity index (χ4v) is 2.61. The predicted octanol–water partition coefficient (Wildman–Crippen LogP) is 0.359. The van der Waals surface area contributed by atoms with Gasteiger partial charge >= 0.3 is 0 Å². The standard InChI is InChI=1S/C7H14ClNO3S/c1-7(10)2-4-9(5-3-7)13(11,12)6-8/h10H,2-6H2,1H3. The quantitative estimate of drug-likeness (QED) is 0.693. The van der Waals surface area contributed by atoms with Crippen LogP contribution in [0.25, 0.3) is 0 Å². The molecule has 1 rings (SSSR count). The molecular weight excluding hydrogens is 214 g/mol. The molecule has 6 heteroatoms. The lowest BCUT2D eigenvalue weighted by Gasteiger charge is -2.34. The monoisotopic (exact) mass is 227 g/mol. The van der Waals surface area contributed by atoms with Gasteiger partial charge in [-0.1, -0.05) is 0 Å². The fraction of sp³-hybridized carbons (Fsp3) is 1.00. The van der Waals surface area contributed by atoms with E-state index in [2.05, 4.69) is 0 Å². The number of sulfonamides is 1. The highest BCUT2D eigenvalue weighted by Crippen LogP contribution is 2.23. The van der Waals surface area contributed by atoms with Crippen LogP contribution in [0.2, 0.25) is 0 Å². The van der Waals surface area contributed by atoms with E-state index in [1.54, 1.807) is 6.92 Å². The maximum absolute atomic E-state index is 11.3. The number of nitrogens with zero attached hydrogens (tertiary/aromatic N) is 1. The van der Waals surface area contributed by atoms with Crippen molar-refractivity contribution in [3.8, 4) is 0 Å². The van der Waals surface area contributed by atoms with Gasteiger partial charge in [0.05, 0.1) is 5.60 Å². The molecule has 0 aromatic rings. The second-order valence-electron chi connectivity index (χ2n) is 3.62. The number of halogens is 1. The van der Waals surface area contributed by atoms with Crippen LogP contribution in [-0.2, 0) is 10.0 Å². The number of aliphatic hydroxyl groups is 1. The second-order valence-corrected chi connectivity index (χ2v) is 6.17. The molecule has 0 aromatic carbocycles. The van der Waals surface area contributed by atoms with Gasteiger partial charge in [-0.15, -0.1) is 11.6 Å². The van der Waals surface area contributed by atoms with E-state index in [0.717, 1.165) is 0 Å². The van der Waals surface area contributed by atoms with E-state index in [1.165, 1.54) is 4.31 Å². The van der Waals surface area contributed by atoms with Crippen LogP contribution in [0.3, 0.4) is 0 Å². The SMILES string of the molecule is CC1(O)CCN(S(=O)(=O)CCl)CC1. The summed E-state index contributed by atoms with van der Waals surface area (Å²) in [7, 11) is -3.28. The molecule has 1 aliphatic rings. The van der Waals surface area contributed by atoms with E-state index in [1.807, 2.05) is 0 Å². The summed E-state index contributed by atoms with van der Waals surface area (Å²) >= 11 is 5.31. The number of rotatable bonds is 2. The van der Waals surface area contributed by atoms with E-state index in [4.69, 9.17) is 11.6 Å². The van der Waals surface area contributed by atoms with E-state index >= 15 is 0 Å². The van der Waals surface area contributed by atoms with Crippen LogP contribution < -0.4 is 0 Å². The summed E-state index contributed by atoms with van der Waals surface area (Å²) in [6.07, 6.45) is 0.951. The van der Waals surface area contributed by atoms with Crippen LogP contribution in [0.4, 0.5) is 0 Å². The average molecular weight is 228 g/mol. The highest BCUT2D eigenvalue weighted by Gasteiger charge is 2.32. The maximum atomic E-state index is 11.3. The lowest BCUT2D eigenvalue weighted by molar-refractivity contribution is 0.0127. The van der Waals surface area contributed by atoms with Gasteiger partial charge in [0.2, 0.25) is 10.0 Å². The molecule has 4 nitrogen and oxygen atoms in total. The van der Waals surface area contributed by atoms with Crippen molar-refractivity contribution in [2.75, 3.05) is 18.3 Å². The Morgan fingerprint density at radius 1 is 1.46 bits per heavy atom. The number of alkyl halides is 1. The molecule has 0 amide bonds. The summed E-state index contributed by atoms with van der Waals surface area (Å²) in [4.78, 5) is 0. The highest BCUT2D eigenvalue weighted by molar-refractivity contribution is 7.90. The van der Waals surface area contributed by atoms with E-state index in [0.29, 0.717) is 25.9 Å². The first-order valence-corrected chi connectivity index (χ1v) is 6.28. The van der Waals surface area contributed by atoms with Crippen molar-refractivity contribution in [3.05, 3.63) is 0 Å². The molecule has 0 saturated carbocycles. The molecule has 1 aliphatic heterocycles. The lowest BCUT2D eigenvalue weighted by atomic mass is 9.95. The van der Waals surface area contributed by atoms with Gasteiger partial charge in [0.25, 0.3) is 0 Å². The minimum atomic E-state index is -3.28. The molecule has 13 heavy (non-hydrogen) atoms. The molecule has 1 N–H and O–H groups in total. The van der Waals surface area contributed by atoms with E-state index in [-0.39, 0.29) is 5.21 Å². The molecule has 1 saturated heterocycles. The van der Waals surface area contributed by atoms with Gasteiger partial charge in [0, 0.05) is 13.1 Å². The van der Waals surface area contributed by atoms with Gasteiger partial charge in [-0.3, -0.25) is 0 Å². The molecule has 1 fully saturated rings. The van der Waals surface area contributed by atoms with Crippen molar-refractivity contribution in [2.45, 2.75) is 25.4 Å². The molecular formula is C7H14ClNO3S. The summed E-state index contributed by atoms with van der Waals surface area (Å²) in [5, 5.41) is 9.20. The van der Waals surface area contributed by atoms with Crippen LogP contribution in [0.5, 0.6) is 0 Å². The minimum absolute atomic E-state index is 0.363. The van der Waals surface area contributed by atoms with Gasteiger partial charge < -0.3 is 5.11 Å². The fourth-order valence-electron chi connectivity index (χ4n) is 1.32. The topological polar surface area (TPSA) is 57.6 Å². The summed E-state index contributed by atoms with van der Waals surface area (Å²) in [5.41, 5.74) is -0.724. The van der Waals surface area contributed by atoms with Gasteiger partial charge in [-0.25, -0.2) is 12.7 Å². The first-order valence-electron chi connectivity index (χ1n) is 4.14. The van der Waals surface area contributed by atoms with Crippen molar-refractivity contribution in [1.82, 2.24) is 4.31 Å². The van der Waals surface area contributed by atoms with E-state index < -0.39 is 15.6 Å². The summed E-state index contributed by atoms with van der Waals surface area (Å²) in [6.45, 7) is 2.45. The van der Waals surface area contributed by atoms with Crippen LogP contribution in [0, 0.1) is 0 Å². The first-order chi connectivity index (χ1) is 5.87. The van der Waals surface area contributed by atoms with Crippen LogP contribution in [-0.4, -0.2) is 41.7 Å². The third-order valence-electron chi connectivity index (χ3n) is 2.33. The smallest absolute Gasteiger partial charge is 0.228 e. The molecule has 0 aromatic heterocycles. The Kier molecular flexibility index (Phi) is 3.22. The molecule has 78 valence electrons. The Balaban J connectivity index is 2.61. The lowest BCUT2D eigenvalue weighted by Crippen LogP contribution is -2.45. The van der Waals surface area contributed by atoms with Gasteiger partial charge in [-0.2, -0.15) is 0 Å². The highest BCUT2D eigenvalue weighted by atomic mass is 35.5. The van der Waals surface area contributed by atoms with Crippen LogP contribution >= 0.6 is 11.6 Å². The predicted molar refractivity (Wildman–Crippen MR) is 51.1 cm³/mol. The Morgan fingerprint density at radius 3 is 2.31 bits per heavy atom. The van der Waals surface area contributed by atoms with Gasteiger partial charge in [0.15, 0.2) is 0 Å². The zero-order chi connectivity index (χ0) is 10.1. The first kappa shape index (κ1) is 11.2. The molecule has 0 radical (unpaired) electrons. The van der Waals surface area contributed by atoms with Crippen molar-refractivity contribution < 1.29 is 13.5 Å². The number of piperidine rings is 1. The molecule has 0 bridgehead atoms. The molecule has 0 unspecified atom stereocenters.